The first kappa shape index (κ1) is 17.4. The molecule has 0 saturated carbocycles. The summed E-state index contributed by atoms with van der Waals surface area (Å²) in [6.45, 7) is 1.85. The van der Waals surface area contributed by atoms with E-state index in [4.69, 9.17) is 4.74 Å². The molecule has 0 aromatic heterocycles. The van der Waals surface area contributed by atoms with Gasteiger partial charge >= 0.3 is 0 Å². The summed E-state index contributed by atoms with van der Waals surface area (Å²) >= 11 is 0. The molecule has 0 spiro atoms. The van der Waals surface area contributed by atoms with Gasteiger partial charge in [-0.25, -0.2) is 5.43 Å². The molecular formula is C22H20N2O2. The van der Waals surface area contributed by atoms with Gasteiger partial charge in [-0.3, -0.25) is 4.79 Å². The van der Waals surface area contributed by atoms with Crippen LogP contribution in [-0.4, -0.2) is 18.7 Å². The molecule has 1 amide bonds. The van der Waals surface area contributed by atoms with Crippen molar-refractivity contribution in [1.82, 2.24) is 5.43 Å². The Hall–Kier alpha value is -3.40. The summed E-state index contributed by atoms with van der Waals surface area (Å²) in [5.74, 6) is 0.543. The van der Waals surface area contributed by atoms with Crippen LogP contribution in [0.3, 0.4) is 0 Å². The number of nitrogens with zero attached hydrogens (tertiary/aromatic N) is 1. The zero-order chi connectivity index (χ0) is 18.4. The second-order valence-electron chi connectivity index (χ2n) is 5.81. The lowest BCUT2D eigenvalue weighted by molar-refractivity contribution is 0.0955. The van der Waals surface area contributed by atoms with Crippen LogP contribution in [0.15, 0.2) is 84.0 Å². The Morgan fingerprint density at radius 1 is 0.808 bits per heavy atom. The van der Waals surface area contributed by atoms with Crippen molar-refractivity contribution in [2.45, 2.75) is 6.92 Å². The molecule has 4 heteroatoms. The third-order valence-corrected chi connectivity index (χ3v) is 4.09. The average molecular weight is 344 g/mol. The van der Waals surface area contributed by atoms with Crippen molar-refractivity contribution in [3.8, 4) is 16.9 Å². The third kappa shape index (κ3) is 4.16. The van der Waals surface area contributed by atoms with Crippen LogP contribution >= 0.6 is 0 Å². The van der Waals surface area contributed by atoms with Crippen LogP contribution < -0.4 is 10.2 Å². The van der Waals surface area contributed by atoms with Gasteiger partial charge in [0, 0.05) is 5.56 Å². The second-order valence-corrected chi connectivity index (χ2v) is 5.81. The van der Waals surface area contributed by atoms with E-state index >= 15 is 0 Å². The minimum absolute atomic E-state index is 0.238. The van der Waals surface area contributed by atoms with E-state index in [2.05, 4.69) is 10.5 Å². The van der Waals surface area contributed by atoms with Crippen molar-refractivity contribution in [2.75, 3.05) is 7.11 Å². The Morgan fingerprint density at radius 2 is 1.38 bits per heavy atom. The fourth-order valence-electron chi connectivity index (χ4n) is 2.54. The molecule has 130 valence electrons. The number of hydrogen-bond acceptors (Lipinski definition) is 3. The molecule has 3 rings (SSSR count). The zero-order valence-corrected chi connectivity index (χ0v) is 14.8. The number of hydrazone groups is 1. The fourth-order valence-corrected chi connectivity index (χ4v) is 2.54. The summed E-state index contributed by atoms with van der Waals surface area (Å²) < 4.78 is 5.14. The second kappa shape index (κ2) is 8.12. The molecule has 4 nitrogen and oxygen atoms in total. The van der Waals surface area contributed by atoms with E-state index in [0.717, 1.165) is 28.2 Å². The lowest BCUT2D eigenvalue weighted by atomic mass is 10.0. The molecule has 0 atom stereocenters. The van der Waals surface area contributed by atoms with Gasteiger partial charge in [-0.05, 0) is 60.0 Å². The van der Waals surface area contributed by atoms with Crippen LogP contribution in [-0.2, 0) is 0 Å². The van der Waals surface area contributed by atoms with Gasteiger partial charge in [0.2, 0.25) is 0 Å². The molecule has 3 aromatic carbocycles. The highest BCUT2D eigenvalue weighted by molar-refractivity contribution is 6.01. The molecule has 0 unspecified atom stereocenters. The summed E-state index contributed by atoms with van der Waals surface area (Å²) in [5, 5.41) is 4.18. The van der Waals surface area contributed by atoms with Gasteiger partial charge < -0.3 is 4.74 Å². The molecule has 0 bridgehead atoms. The van der Waals surface area contributed by atoms with Gasteiger partial charge in [0.15, 0.2) is 0 Å². The minimum atomic E-state index is -0.238. The molecule has 3 aromatic rings. The fraction of sp³-hybridized carbons (Fsp3) is 0.0909. The number of benzene rings is 3. The minimum Gasteiger partial charge on any atom is -0.497 e. The Morgan fingerprint density at radius 3 is 2.00 bits per heavy atom. The number of amides is 1. The van der Waals surface area contributed by atoms with Crippen LogP contribution in [0.2, 0.25) is 0 Å². The largest absolute Gasteiger partial charge is 0.497 e. The number of rotatable bonds is 5. The highest BCUT2D eigenvalue weighted by Gasteiger charge is 2.06. The molecule has 1 N–H and O–H groups in total. The van der Waals surface area contributed by atoms with Gasteiger partial charge in [0.25, 0.3) is 5.91 Å². The van der Waals surface area contributed by atoms with E-state index in [-0.39, 0.29) is 5.91 Å². The molecule has 0 fully saturated rings. The van der Waals surface area contributed by atoms with Crippen molar-refractivity contribution >= 4 is 11.6 Å². The highest BCUT2D eigenvalue weighted by atomic mass is 16.5. The van der Waals surface area contributed by atoms with E-state index in [1.165, 1.54) is 0 Å². The van der Waals surface area contributed by atoms with Crippen molar-refractivity contribution < 1.29 is 9.53 Å². The van der Waals surface area contributed by atoms with Crippen molar-refractivity contribution in [3.05, 3.63) is 90.0 Å². The molecule has 0 aliphatic carbocycles. The van der Waals surface area contributed by atoms with Gasteiger partial charge in [0.1, 0.15) is 5.75 Å². The Balaban J connectivity index is 1.67. The van der Waals surface area contributed by atoms with E-state index in [9.17, 15) is 4.79 Å². The summed E-state index contributed by atoms with van der Waals surface area (Å²) in [6, 6.07) is 25.0. The monoisotopic (exact) mass is 344 g/mol. The Labute approximate surface area is 153 Å². The van der Waals surface area contributed by atoms with Crippen molar-refractivity contribution in [1.29, 1.82) is 0 Å². The van der Waals surface area contributed by atoms with Gasteiger partial charge in [-0.1, -0.05) is 42.5 Å². The van der Waals surface area contributed by atoms with Crippen LogP contribution in [0, 0.1) is 0 Å². The first-order chi connectivity index (χ1) is 12.7. The molecule has 26 heavy (non-hydrogen) atoms. The molecular weight excluding hydrogens is 324 g/mol. The molecule has 0 heterocycles. The van der Waals surface area contributed by atoms with E-state index in [1.807, 2.05) is 73.7 Å². The maximum absolute atomic E-state index is 12.3. The van der Waals surface area contributed by atoms with Gasteiger partial charge in [-0.2, -0.15) is 5.10 Å². The van der Waals surface area contributed by atoms with Crippen LogP contribution in [0.25, 0.3) is 11.1 Å². The lowest BCUT2D eigenvalue weighted by Gasteiger charge is -2.06. The third-order valence-electron chi connectivity index (χ3n) is 4.09. The summed E-state index contributed by atoms with van der Waals surface area (Å²) in [7, 11) is 1.62. The Bertz CT molecular complexity index is 899. The maximum atomic E-state index is 12.3. The smallest absolute Gasteiger partial charge is 0.271 e. The van der Waals surface area contributed by atoms with Gasteiger partial charge in [0.05, 0.1) is 12.8 Å². The Kier molecular flexibility index (Phi) is 5.44. The molecule has 0 aliphatic heterocycles. The highest BCUT2D eigenvalue weighted by Crippen LogP contribution is 2.19. The predicted molar refractivity (Wildman–Crippen MR) is 105 cm³/mol. The maximum Gasteiger partial charge on any atom is 0.271 e. The number of carbonyl (C=O) groups excluding carboxylic acids is 1. The first-order valence-corrected chi connectivity index (χ1v) is 8.32. The van der Waals surface area contributed by atoms with Crippen LogP contribution in [0.1, 0.15) is 22.8 Å². The number of hydrogen-bond donors (Lipinski definition) is 1. The molecule has 0 saturated heterocycles. The normalized spacial score (nSPS) is 11.1. The number of nitrogens with one attached hydrogen (secondary N) is 1. The summed E-state index contributed by atoms with van der Waals surface area (Å²) in [5.41, 5.74) is 7.00. The van der Waals surface area contributed by atoms with E-state index < -0.39 is 0 Å². The number of methoxy groups -OCH3 is 1. The topological polar surface area (TPSA) is 50.7 Å². The van der Waals surface area contributed by atoms with Gasteiger partial charge in [-0.15, -0.1) is 0 Å². The molecule has 0 radical (unpaired) electrons. The van der Waals surface area contributed by atoms with E-state index in [0.29, 0.717) is 5.56 Å². The summed E-state index contributed by atoms with van der Waals surface area (Å²) in [6.07, 6.45) is 0. The van der Waals surface area contributed by atoms with E-state index in [1.54, 1.807) is 19.2 Å². The quantitative estimate of drug-likeness (QED) is 0.547. The zero-order valence-electron chi connectivity index (χ0n) is 14.8. The average Bonchev–Trinajstić information content (AvgIpc) is 2.72. The van der Waals surface area contributed by atoms with Crippen LogP contribution in [0.5, 0.6) is 5.75 Å². The SMILES string of the molecule is COc1ccc(/C(C)=N\NC(=O)c2ccc(-c3ccccc3)cc2)cc1. The van der Waals surface area contributed by atoms with Crippen molar-refractivity contribution in [2.24, 2.45) is 5.10 Å². The number of ether oxygens (including phenoxy) is 1. The summed E-state index contributed by atoms with van der Waals surface area (Å²) in [4.78, 5) is 12.3. The molecule has 0 aliphatic rings. The van der Waals surface area contributed by atoms with Crippen molar-refractivity contribution in [3.63, 3.8) is 0 Å². The predicted octanol–water partition coefficient (Wildman–Crippen LogP) is 4.52. The lowest BCUT2D eigenvalue weighted by Crippen LogP contribution is -2.19. The standard InChI is InChI=1S/C22H20N2O2/c1-16(17-12-14-21(26-2)15-13-17)23-24-22(25)20-10-8-19(9-11-20)18-6-4-3-5-7-18/h3-15H,1-2H3,(H,24,25)/b23-16-. The first-order valence-electron chi connectivity index (χ1n) is 8.32. The number of carbonyl (C=O) groups is 1. The van der Waals surface area contributed by atoms with Crippen LogP contribution in [0.4, 0.5) is 0 Å².